The first-order chi connectivity index (χ1) is 19.3. The van der Waals surface area contributed by atoms with E-state index in [9.17, 15) is 9.59 Å². The number of fused-ring (bicyclic) bond motifs is 1. The van der Waals surface area contributed by atoms with Crippen molar-refractivity contribution in [2.45, 2.75) is 13.0 Å². The molecule has 40 heavy (non-hydrogen) atoms. The standard InChI is InChI=1S/C29H31N9O2/c1-19(39)38-17-24(18-38)33-21-6-8-22(9-7-21)35-29-32-16-20-10-12-31-28(27(20)36-29)25-15-23(11-13-30-25)34-26(40)5-4-14-37(2)3/h4-13,15-16,24,33H,14,17-18H2,1-3H3,(H,30,34,40)(H,32,35,36). The maximum absolute atomic E-state index is 12.3. The highest BCUT2D eigenvalue weighted by molar-refractivity contribution is 6.00. The van der Waals surface area contributed by atoms with E-state index < -0.39 is 0 Å². The lowest BCUT2D eigenvalue weighted by molar-refractivity contribution is -0.132. The Kier molecular flexibility index (Phi) is 7.92. The highest BCUT2D eigenvalue weighted by Gasteiger charge is 2.28. The smallest absolute Gasteiger partial charge is 0.248 e. The van der Waals surface area contributed by atoms with E-state index in [1.54, 1.807) is 48.6 Å². The molecule has 5 rings (SSSR count). The summed E-state index contributed by atoms with van der Waals surface area (Å²) in [6, 6.07) is 13.5. The van der Waals surface area contributed by atoms with Crippen molar-refractivity contribution in [2.75, 3.05) is 49.7 Å². The van der Waals surface area contributed by atoms with Gasteiger partial charge in [-0.2, -0.15) is 0 Å². The van der Waals surface area contributed by atoms with Crippen LogP contribution in [0, 0.1) is 0 Å². The quantitative estimate of drug-likeness (QED) is 0.275. The number of carbonyl (C=O) groups is 2. The van der Waals surface area contributed by atoms with Gasteiger partial charge in [-0.05, 0) is 56.6 Å². The molecule has 3 aromatic heterocycles. The molecule has 204 valence electrons. The third-order valence-corrected chi connectivity index (χ3v) is 6.35. The number of carbonyl (C=O) groups excluding carboxylic acids is 2. The van der Waals surface area contributed by atoms with Crippen molar-refractivity contribution < 1.29 is 9.59 Å². The number of rotatable bonds is 9. The molecule has 0 bridgehead atoms. The Bertz CT molecular complexity index is 1550. The summed E-state index contributed by atoms with van der Waals surface area (Å²) >= 11 is 0. The van der Waals surface area contributed by atoms with Crippen LogP contribution in [0.4, 0.5) is 23.0 Å². The van der Waals surface area contributed by atoms with Crippen molar-refractivity contribution in [2.24, 2.45) is 0 Å². The van der Waals surface area contributed by atoms with Crippen LogP contribution in [0.3, 0.4) is 0 Å². The van der Waals surface area contributed by atoms with Crippen LogP contribution in [0.5, 0.6) is 0 Å². The van der Waals surface area contributed by atoms with E-state index in [1.807, 2.05) is 49.3 Å². The third-order valence-electron chi connectivity index (χ3n) is 6.35. The zero-order valence-corrected chi connectivity index (χ0v) is 22.6. The molecule has 4 heterocycles. The van der Waals surface area contributed by atoms with Crippen LogP contribution in [0.25, 0.3) is 22.3 Å². The number of benzene rings is 1. The topological polar surface area (TPSA) is 128 Å². The van der Waals surface area contributed by atoms with E-state index in [1.165, 1.54) is 6.08 Å². The van der Waals surface area contributed by atoms with E-state index in [4.69, 9.17) is 4.98 Å². The summed E-state index contributed by atoms with van der Waals surface area (Å²) in [6.07, 6.45) is 8.38. The van der Waals surface area contributed by atoms with Crippen molar-refractivity contribution >= 4 is 45.7 Å². The number of likely N-dealkylation sites (N-methyl/N-ethyl adjacent to an activating group) is 1. The average molecular weight is 538 g/mol. The monoisotopic (exact) mass is 537 g/mol. The van der Waals surface area contributed by atoms with Crippen LogP contribution in [-0.4, -0.2) is 81.3 Å². The first-order valence-electron chi connectivity index (χ1n) is 12.9. The van der Waals surface area contributed by atoms with Gasteiger partial charge in [0.15, 0.2) is 0 Å². The molecule has 11 heteroatoms. The number of likely N-dealkylation sites (tertiary alicyclic amines) is 1. The van der Waals surface area contributed by atoms with E-state index in [2.05, 4.69) is 30.9 Å². The van der Waals surface area contributed by atoms with Crippen molar-refractivity contribution in [3.8, 4) is 11.4 Å². The third kappa shape index (κ3) is 6.56. The lowest BCUT2D eigenvalue weighted by Crippen LogP contribution is -2.56. The number of hydrogen-bond donors (Lipinski definition) is 3. The summed E-state index contributed by atoms with van der Waals surface area (Å²) in [7, 11) is 3.88. The Morgan fingerprint density at radius 3 is 2.50 bits per heavy atom. The first kappa shape index (κ1) is 26.7. The molecule has 11 nitrogen and oxygen atoms in total. The van der Waals surface area contributed by atoms with Crippen LogP contribution in [0.1, 0.15) is 6.92 Å². The Morgan fingerprint density at radius 2 is 1.75 bits per heavy atom. The number of nitrogens with one attached hydrogen (secondary N) is 3. The molecule has 0 aliphatic carbocycles. The molecule has 1 aliphatic rings. The maximum Gasteiger partial charge on any atom is 0.248 e. The lowest BCUT2D eigenvalue weighted by Gasteiger charge is -2.39. The first-order valence-corrected chi connectivity index (χ1v) is 12.9. The minimum absolute atomic E-state index is 0.102. The summed E-state index contributed by atoms with van der Waals surface area (Å²) in [5, 5.41) is 10.4. The zero-order chi connectivity index (χ0) is 28.1. The SMILES string of the molecule is CC(=O)N1CC(Nc2ccc(Nc3ncc4ccnc(-c5cc(NC(=O)C=CCN(C)C)ccn5)c4n3)cc2)C1. The average Bonchev–Trinajstić information content (AvgIpc) is 2.90. The molecule has 1 saturated heterocycles. The van der Waals surface area contributed by atoms with E-state index in [-0.39, 0.29) is 17.9 Å². The summed E-state index contributed by atoms with van der Waals surface area (Å²) in [4.78, 5) is 45.7. The van der Waals surface area contributed by atoms with Gasteiger partial charge in [0.2, 0.25) is 17.8 Å². The van der Waals surface area contributed by atoms with Gasteiger partial charge in [-0.25, -0.2) is 9.97 Å². The van der Waals surface area contributed by atoms with Gasteiger partial charge in [-0.3, -0.25) is 19.6 Å². The Hall–Kier alpha value is -4.90. The van der Waals surface area contributed by atoms with E-state index in [0.29, 0.717) is 48.2 Å². The highest BCUT2D eigenvalue weighted by atomic mass is 16.2. The zero-order valence-electron chi connectivity index (χ0n) is 22.6. The molecule has 0 saturated carbocycles. The van der Waals surface area contributed by atoms with Gasteiger partial charge in [0, 0.05) is 73.7 Å². The lowest BCUT2D eigenvalue weighted by atomic mass is 10.1. The Balaban J connectivity index is 1.29. The van der Waals surface area contributed by atoms with Gasteiger partial charge >= 0.3 is 0 Å². The number of hydrogen-bond acceptors (Lipinski definition) is 9. The second-order valence-corrected chi connectivity index (χ2v) is 9.84. The predicted molar refractivity (Wildman–Crippen MR) is 156 cm³/mol. The maximum atomic E-state index is 12.3. The molecular formula is C29H31N9O2. The summed E-state index contributed by atoms with van der Waals surface area (Å²) in [5.41, 5.74) is 4.23. The molecule has 1 aliphatic heterocycles. The molecule has 3 N–H and O–H groups in total. The minimum atomic E-state index is -0.217. The van der Waals surface area contributed by atoms with Crippen molar-refractivity contribution in [1.82, 2.24) is 29.7 Å². The number of aromatic nitrogens is 4. The van der Waals surface area contributed by atoms with Gasteiger partial charge in [0.1, 0.15) is 11.2 Å². The van der Waals surface area contributed by atoms with Crippen molar-refractivity contribution in [3.63, 3.8) is 0 Å². The molecule has 0 atom stereocenters. The summed E-state index contributed by atoms with van der Waals surface area (Å²) < 4.78 is 0. The number of anilines is 4. The molecular weight excluding hydrogens is 506 g/mol. The van der Waals surface area contributed by atoms with Crippen LogP contribution in [0.2, 0.25) is 0 Å². The largest absolute Gasteiger partial charge is 0.379 e. The van der Waals surface area contributed by atoms with E-state index in [0.717, 1.165) is 16.8 Å². The predicted octanol–water partition coefficient (Wildman–Crippen LogP) is 3.53. The Labute approximate surface area is 232 Å². The van der Waals surface area contributed by atoms with Crippen molar-refractivity contribution in [1.29, 1.82) is 0 Å². The normalized spacial score (nSPS) is 13.4. The molecule has 0 radical (unpaired) electrons. The number of amides is 2. The Morgan fingerprint density at radius 1 is 1.00 bits per heavy atom. The molecule has 0 spiro atoms. The molecule has 4 aromatic rings. The minimum Gasteiger partial charge on any atom is -0.379 e. The molecule has 0 unspecified atom stereocenters. The number of pyridine rings is 2. The fourth-order valence-corrected chi connectivity index (χ4v) is 4.24. The highest BCUT2D eigenvalue weighted by Crippen LogP contribution is 2.27. The van der Waals surface area contributed by atoms with Crippen LogP contribution in [0.15, 0.2) is 73.2 Å². The summed E-state index contributed by atoms with van der Waals surface area (Å²) in [5.74, 6) is 0.310. The molecule has 2 amide bonds. The van der Waals surface area contributed by atoms with Gasteiger partial charge in [-0.1, -0.05) is 6.08 Å². The van der Waals surface area contributed by atoms with Gasteiger partial charge < -0.3 is 25.8 Å². The molecule has 1 aromatic carbocycles. The van der Waals surface area contributed by atoms with Crippen LogP contribution < -0.4 is 16.0 Å². The van der Waals surface area contributed by atoms with Crippen LogP contribution in [-0.2, 0) is 9.59 Å². The van der Waals surface area contributed by atoms with Gasteiger partial charge in [0.05, 0.1) is 11.7 Å². The van der Waals surface area contributed by atoms with Gasteiger partial charge in [0.25, 0.3) is 0 Å². The van der Waals surface area contributed by atoms with Crippen LogP contribution >= 0.6 is 0 Å². The fourth-order valence-electron chi connectivity index (χ4n) is 4.24. The van der Waals surface area contributed by atoms with Gasteiger partial charge in [-0.15, -0.1) is 0 Å². The van der Waals surface area contributed by atoms with Crippen molar-refractivity contribution in [3.05, 3.63) is 73.2 Å². The molecule has 1 fully saturated rings. The second-order valence-electron chi connectivity index (χ2n) is 9.84. The fraction of sp³-hybridized carbons (Fsp3) is 0.241. The summed E-state index contributed by atoms with van der Waals surface area (Å²) in [6.45, 7) is 3.70. The second kappa shape index (κ2) is 11.9. The van der Waals surface area contributed by atoms with E-state index >= 15 is 0 Å². The number of nitrogens with zero attached hydrogens (tertiary/aromatic N) is 6.